The molecule has 106 valence electrons. The van der Waals surface area contributed by atoms with Crippen LogP contribution < -0.4 is 20.5 Å². The molecule has 0 aliphatic carbocycles. The first-order valence-corrected chi connectivity index (χ1v) is 6.19. The fraction of sp³-hybridized carbons (Fsp3) is 0.286. The van der Waals surface area contributed by atoms with E-state index in [-0.39, 0.29) is 0 Å². The Labute approximate surface area is 118 Å². The van der Waals surface area contributed by atoms with Gasteiger partial charge in [-0.1, -0.05) is 12.1 Å². The van der Waals surface area contributed by atoms with E-state index in [1.807, 2.05) is 25.1 Å². The number of nitrogens with one attached hydrogen (secondary N) is 1. The summed E-state index contributed by atoms with van der Waals surface area (Å²) in [5.41, 5.74) is 8.80. The molecule has 1 aromatic heterocycles. The first kappa shape index (κ1) is 13.9. The van der Waals surface area contributed by atoms with Crippen molar-refractivity contribution in [1.82, 2.24) is 9.97 Å². The Hall–Kier alpha value is -2.50. The number of anilines is 2. The molecule has 20 heavy (non-hydrogen) atoms. The average Bonchev–Trinajstić information content (AvgIpc) is 2.48. The van der Waals surface area contributed by atoms with E-state index in [2.05, 4.69) is 15.3 Å². The van der Waals surface area contributed by atoms with Gasteiger partial charge in [0.25, 0.3) is 0 Å². The van der Waals surface area contributed by atoms with Crippen LogP contribution >= 0.6 is 0 Å². The summed E-state index contributed by atoms with van der Waals surface area (Å²) in [6, 6.07) is 7.43. The zero-order chi connectivity index (χ0) is 14.5. The van der Waals surface area contributed by atoms with Gasteiger partial charge in [-0.2, -0.15) is 9.97 Å². The predicted octanol–water partition coefficient (Wildman–Crippen LogP) is 2.00. The van der Waals surface area contributed by atoms with E-state index < -0.39 is 0 Å². The van der Waals surface area contributed by atoms with Gasteiger partial charge in [0.1, 0.15) is 0 Å². The van der Waals surface area contributed by atoms with E-state index >= 15 is 0 Å². The van der Waals surface area contributed by atoms with Gasteiger partial charge in [0, 0.05) is 12.2 Å². The lowest BCUT2D eigenvalue weighted by Crippen LogP contribution is -2.07. The molecule has 0 amide bonds. The molecule has 0 fully saturated rings. The molecule has 0 unspecified atom stereocenters. The van der Waals surface area contributed by atoms with Crippen LogP contribution in [-0.4, -0.2) is 24.2 Å². The van der Waals surface area contributed by atoms with E-state index in [4.69, 9.17) is 15.2 Å². The van der Waals surface area contributed by atoms with Crippen molar-refractivity contribution in [2.45, 2.75) is 13.5 Å². The van der Waals surface area contributed by atoms with Crippen molar-refractivity contribution < 1.29 is 9.47 Å². The third-order valence-corrected chi connectivity index (χ3v) is 3.02. The molecule has 1 aromatic carbocycles. The van der Waals surface area contributed by atoms with E-state index in [0.717, 1.165) is 16.8 Å². The molecule has 0 saturated heterocycles. The van der Waals surface area contributed by atoms with Gasteiger partial charge < -0.3 is 20.5 Å². The van der Waals surface area contributed by atoms with Crippen molar-refractivity contribution in [3.05, 3.63) is 35.4 Å². The maximum Gasteiger partial charge on any atom is 0.229 e. The summed E-state index contributed by atoms with van der Waals surface area (Å²) in [5, 5.41) is 3.14. The largest absolute Gasteiger partial charge is 0.481 e. The minimum atomic E-state index is 0.447. The average molecular weight is 274 g/mol. The van der Waals surface area contributed by atoms with Gasteiger partial charge in [0.2, 0.25) is 17.7 Å². The lowest BCUT2D eigenvalue weighted by atomic mass is 10.1. The van der Waals surface area contributed by atoms with Crippen LogP contribution in [0.15, 0.2) is 24.3 Å². The number of hydrogen-bond donors (Lipinski definition) is 2. The smallest absolute Gasteiger partial charge is 0.229 e. The number of rotatable bonds is 5. The number of aromatic nitrogens is 2. The number of methoxy groups -OCH3 is 2. The van der Waals surface area contributed by atoms with Gasteiger partial charge in [-0.05, 0) is 24.1 Å². The molecule has 0 radical (unpaired) electrons. The molecule has 0 saturated carbocycles. The highest BCUT2D eigenvalue weighted by atomic mass is 16.5. The molecular weight excluding hydrogens is 256 g/mol. The Morgan fingerprint density at radius 1 is 1.15 bits per heavy atom. The first-order valence-electron chi connectivity index (χ1n) is 6.19. The molecule has 6 heteroatoms. The highest BCUT2D eigenvalue weighted by molar-refractivity contribution is 5.50. The molecule has 3 N–H and O–H groups in total. The fourth-order valence-electron chi connectivity index (χ4n) is 1.76. The Kier molecular flexibility index (Phi) is 4.24. The molecule has 2 aromatic rings. The number of nitrogen functional groups attached to an aromatic ring is 1. The number of benzene rings is 1. The van der Waals surface area contributed by atoms with Crippen molar-refractivity contribution >= 4 is 11.6 Å². The van der Waals surface area contributed by atoms with Crippen LogP contribution in [0.1, 0.15) is 11.1 Å². The molecular formula is C14H18N4O2. The van der Waals surface area contributed by atoms with E-state index in [0.29, 0.717) is 24.3 Å². The normalized spacial score (nSPS) is 10.2. The maximum atomic E-state index is 5.88. The molecule has 1 heterocycles. The van der Waals surface area contributed by atoms with Crippen molar-refractivity contribution in [3.63, 3.8) is 0 Å². The van der Waals surface area contributed by atoms with Gasteiger partial charge in [-0.15, -0.1) is 0 Å². The highest BCUT2D eigenvalue weighted by Gasteiger charge is 2.06. The predicted molar refractivity (Wildman–Crippen MR) is 78.1 cm³/mol. The molecule has 2 rings (SSSR count). The minimum absolute atomic E-state index is 0.447. The van der Waals surface area contributed by atoms with Crippen LogP contribution in [0.2, 0.25) is 0 Å². The summed E-state index contributed by atoms with van der Waals surface area (Å²) >= 11 is 0. The maximum absolute atomic E-state index is 5.88. The summed E-state index contributed by atoms with van der Waals surface area (Å²) in [6.45, 7) is 2.56. The van der Waals surface area contributed by atoms with E-state index in [9.17, 15) is 0 Å². The molecule has 0 aliphatic rings. The van der Waals surface area contributed by atoms with Crippen LogP contribution in [0.4, 0.5) is 11.6 Å². The number of hydrogen-bond acceptors (Lipinski definition) is 6. The molecule has 0 spiro atoms. The van der Waals surface area contributed by atoms with Gasteiger partial charge in [-0.3, -0.25) is 0 Å². The SMILES string of the molecule is COc1cc(OC)nc(NCc2cccc(N)c2C)n1. The summed E-state index contributed by atoms with van der Waals surface area (Å²) in [5.74, 6) is 1.34. The second-order valence-corrected chi connectivity index (χ2v) is 4.26. The monoisotopic (exact) mass is 274 g/mol. The van der Waals surface area contributed by atoms with Gasteiger partial charge in [0.05, 0.1) is 20.3 Å². The van der Waals surface area contributed by atoms with E-state index in [1.54, 1.807) is 20.3 Å². The lowest BCUT2D eigenvalue weighted by molar-refractivity contribution is 0.373. The van der Waals surface area contributed by atoms with Crippen molar-refractivity contribution in [2.75, 3.05) is 25.3 Å². The van der Waals surface area contributed by atoms with Gasteiger partial charge >= 0.3 is 0 Å². The summed E-state index contributed by atoms with van der Waals surface area (Å²) in [6.07, 6.45) is 0. The first-order chi connectivity index (χ1) is 9.63. The third kappa shape index (κ3) is 3.09. The molecule has 6 nitrogen and oxygen atoms in total. The van der Waals surface area contributed by atoms with Crippen molar-refractivity contribution in [1.29, 1.82) is 0 Å². The van der Waals surface area contributed by atoms with Crippen molar-refractivity contribution in [3.8, 4) is 11.8 Å². The summed E-state index contributed by atoms with van der Waals surface area (Å²) in [4.78, 5) is 8.42. The minimum Gasteiger partial charge on any atom is -0.481 e. The number of ether oxygens (including phenoxy) is 2. The standard InChI is InChI=1S/C14H18N4O2/c1-9-10(5-4-6-11(9)15)8-16-14-17-12(19-2)7-13(18-14)20-3/h4-7H,8,15H2,1-3H3,(H,16,17,18). The van der Waals surface area contributed by atoms with Crippen LogP contribution in [0.3, 0.4) is 0 Å². The topological polar surface area (TPSA) is 82.3 Å². The van der Waals surface area contributed by atoms with Gasteiger partial charge in [0.15, 0.2) is 0 Å². The van der Waals surface area contributed by atoms with Crippen LogP contribution in [0.25, 0.3) is 0 Å². The quantitative estimate of drug-likeness (QED) is 0.811. The van der Waals surface area contributed by atoms with Gasteiger partial charge in [-0.25, -0.2) is 0 Å². The number of nitrogens with zero attached hydrogens (tertiary/aromatic N) is 2. The zero-order valence-electron chi connectivity index (χ0n) is 11.8. The van der Waals surface area contributed by atoms with Crippen LogP contribution in [0, 0.1) is 6.92 Å². The summed E-state index contributed by atoms with van der Waals surface area (Å²) < 4.78 is 10.2. The highest BCUT2D eigenvalue weighted by Crippen LogP contribution is 2.19. The Morgan fingerprint density at radius 3 is 2.40 bits per heavy atom. The van der Waals surface area contributed by atoms with Crippen LogP contribution in [-0.2, 0) is 6.54 Å². The zero-order valence-corrected chi connectivity index (χ0v) is 11.8. The van der Waals surface area contributed by atoms with E-state index in [1.165, 1.54) is 0 Å². The Morgan fingerprint density at radius 2 is 1.80 bits per heavy atom. The molecule has 0 bridgehead atoms. The molecule has 0 aliphatic heterocycles. The summed E-state index contributed by atoms with van der Waals surface area (Å²) in [7, 11) is 3.10. The fourth-order valence-corrected chi connectivity index (χ4v) is 1.76. The molecule has 0 atom stereocenters. The Bertz CT molecular complexity index is 579. The van der Waals surface area contributed by atoms with Crippen LogP contribution in [0.5, 0.6) is 11.8 Å². The second kappa shape index (κ2) is 6.10. The Balaban J connectivity index is 2.16. The second-order valence-electron chi connectivity index (χ2n) is 4.26. The number of nitrogens with two attached hydrogens (primary N) is 1. The van der Waals surface area contributed by atoms with Crippen molar-refractivity contribution in [2.24, 2.45) is 0 Å². The lowest BCUT2D eigenvalue weighted by Gasteiger charge is -2.11. The third-order valence-electron chi connectivity index (χ3n) is 3.02.